The lowest BCUT2D eigenvalue weighted by Gasteiger charge is -2.12. The van der Waals surface area contributed by atoms with E-state index in [1.165, 1.54) is 17.4 Å². The minimum atomic E-state index is -0.755. The fraction of sp³-hybridized carbons (Fsp3) is 0.400. The summed E-state index contributed by atoms with van der Waals surface area (Å²) >= 11 is 1.34. The number of primary amides is 1. The standard InChI is InChI=1S/C10H12N4OS/c1-10(2,3)9-14-13-7(16-9)4-6(5-11)8(12)15/h4H,1-3H3,(H2,12,15). The zero-order valence-electron chi connectivity index (χ0n) is 9.31. The second-order valence-corrected chi connectivity index (χ2v) is 5.24. The van der Waals surface area contributed by atoms with E-state index < -0.39 is 5.91 Å². The average Bonchev–Trinajstić information content (AvgIpc) is 2.61. The van der Waals surface area contributed by atoms with Gasteiger partial charge in [-0.05, 0) is 6.08 Å². The van der Waals surface area contributed by atoms with Crippen molar-refractivity contribution in [1.82, 2.24) is 10.2 Å². The summed E-state index contributed by atoms with van der Waals surface area (Å²) in [5.41, 5.74) is 4.81. The highest BCUT2D eigenvalue weighted by atomic mass is 32.1. The second-order valence-electron chi connectivity index (χ2n) is 4.23. The first-order valence-electron chi connectivity index (χ1n) is 4.60. The van der Waals surface area contributed by atoms with E-state index in [2.05, 4.69) is 10.2 Å². The SMILES string of the molecule is CC(C)(C)c1nnc(C=C(C#N)C(N)=O)s1. The Kier molecular flexibility index (Phi) is 3.40. The zero-order valence-corrected chi connectivity index (χ0v) is 10.1. The van der Waals surface area contributed by atoms with Crippen LogP contribution in [-0.2, 0) is 10.2 Å². The fourth-order valence-electron chi connectivity index (χ4n) is 0.878. The average molecular weight is 236 g/mol. The summed E-state index contributed by atoms with van der Waals surface area (Å²) < 4.78 is 0. The first-order valence-corrected chi connectivity index (χ1v) is 5.42. The number of amides is 1. The molecule has 1 aromatic heterocycles. The molecule has 0 aromatic carbocycles. The van der Waals surface area contributed by atoms with Gasteiger partial charge in [-0.3, -0.25) is 4.79 Å². The van der Waals surface area contributed by atoms with Crippen molar-refractivity contribution in [3.05, 3.63) is 15.6 Å². The molecule has 0 radical (unpaired) electrons. The minimum Gasteiger partial charge on any atom is -0.365 e. The molecule has 0 saturated heterocycles. The molecular weight excluding hydrogens is 224 g/mol. The third kappa shape index (κ3) is 2.87. The molecule has 5 nitrogen and oxygen atoms in total. The van der Waals surface area contributed by atoms with Gasteiger partial charge in [-0.15, -0.1) is 10.2 Å². The van der Waals surface area contributed by atoms with Gasteiger partial charge in [0.1, 0.15) is 21.7 Å². The van der Waals surface area contributed by atoms with Gasteiger partial charge < -0.3 is 5.73 Å². The lowest BCUT2D eigenvalue weighted by Crippen LogP contribution is -2.12. The number of nitriles is 1. The molecule has 0 unspecified atom stereocenters. The molecule has 0 saturated carbocycles. The molecule has 2 N–H and O–H groups in total. The van der Waals surface area contributed by atoms with E-state index in [1.807, 2.05) is 20.8 Å². The number of hydrogen-bond donors (Lipinski definition) is 1. The van der Waals surface area contributed by atoms with Gasteiger partial charge in [-0.1, -0.05) is 32.1 Å². The van der Waals surface area contributed by atoms with Gasteiger partial charge in [0.25, 0.3) is 5.91 Å². The molecular formula is C10H12N4OS. The van der Waals surface area contributed by atoms with E-state index in [4.69, 9.17) is 11.0 Å². The summed E-state index contributed by atoms with van der Waals surface area (Å²) in [5.74, 6) is -0.755. The van der Waals surface area contributed by atoms with Crippen molar-refractivity contribution in [2.24, 2.45) is 5.73 Å². The lowest BCUT2D eigenvalue weighted by molar-refractivity contribution is -0.114. The summed E-state index contributed by atoms with van der Waals surface area (Å²) in [7, 11) is 0. The van der Waals surface area contributed by atoms with E-state index in [-0.39, 0.29) is 11.0 Å². The Hall–Kier alpha value is -1.74. The lowest BCUT2D eigenvalue weighted by atomic mass is 9.98. The predicted molar refractivity (Wildman–Crippen MR) is 61.4 cm³/mol. The van der Waals surface area contributed by atoms with E-state index in [0.717, 1.165) is 5.01 Å². The molecule has 16 heavy (non-hydrogen) atoms. The van der Waals surface area contributed by atoms with Gasteiger partial charge >= 0.3 is 0 Å². The van der Waals surface area contributed by atoms with Crippen LogP contribution in [0.4, 0.5) is 0 Å². The minimum absolute atomic E-state index is 0.0940. The Morgan fingerprint density at radius 3 is 2.50 bits per heavy atom. The molecule has 6 heteroatoms. The van der Waals surface area contributed by atoms with Crippen LogP contribution >= 0.6 is 11.3 Å². The molecule has 0 aliphatic heterocycles. The molecule has 1 heterocycles. The monoisotopic (exact) mass is 236 g/mol. The van der Waals surface area contributed by atoms with Crippen molar-refractivity contribution in [2.75, 3.05) is 0 Å². The number of aromatic nitrogens is 2. The zero-order chi connectivity index (χ0) is 12.3. The molecule has 1 rings (SSSR count). The molecule has 1 amide bonds. The van der Waals surface area contributed by atoms with Crippen molar-refractivity contribution in [3.8, 4) is 6.07 Å². The van der Waals surface area contributed by atoms with E-state index >= 15 is 0 Å². The van der Waals surface area contributed by atoms with Gasteiger partial charge in [0, 0.05) is 5.41 Å². The quantitative estimate of drug-likeness (QED) is 0.617. The molecule has 1 aromatic rings. The molecule has 0 fully saturated rings. The highest BCUT2D eigenvalue weighted by Crippen LogP contribution is 2.26. The Morgan fingerprint density at radius 1 is 1.50 bits per heavy atom. The molecule has 0 aliphatic rings. The number of carbonyl (C=O) groups is 1. The van der Waals surface area contributed by atoms with E-state index in [9.17, 15) is 4.79 Å². The molecule has 0 bridgehead atoms. The Labute approximate surface area is 97.6 Å². The van der Waals surface area contributed by atoms with Crippen LogP contribution in [0.15, 0.2) is 5.57 Å². The van der Waals surface area contributed by atoms with Crippen LogP contribution in [0.2, 0.25) is 0 Å². The van der Waals surface area contributed by atoms with Crippen molar-refractivity contribution in [2.45, 2.75) is 26.2 Å². The van der Waals surface area contributed by atoms with Crippen LogP contribution in [-0.4, -0.2) is 16.1 Å². The number of rotatable bonds is 2. The summed E-state index contributed by atoms with van der Waals surface area (Å²) in [6.07, 6.45) is 1.36. The maximum atomic E-state index is 10.8. The number of carbonyl (C=O) groups excluding carboxylic acids is 1. The van der Waals surface area contributed by atoms with Crippen LogP contribution in [0.25, 0.3) is 6.08 Å². The number of nitrogens with two attached hydrogens (primary N) is 1. The third-order valence-corrected chi connectivity index (χ3v) is 3.03. The van der Waals surface area contributed by atoms with Crippen LogP contribution in [0.5, 0.6) is 0 Å². The first-order chi connectivity index (χ1) is 7.34. The maximum absolute atomic E-state index is 10.8. The normalized spacial score (nSPS) is 12.2. The van der Waals surface area contributed by atoms with Crippen molar-refractivity contribution < 1.29 is 4.79 Å². The van der Waals surface area contributed by atoms with Gasteiger partial charge in [-0.25, -0.2) is 0 Å². The Balaban J connectivity index is 3.05. The first kappa shape index (κ1) is 12.3. The highest BCUT2D eigenvalue weighted by Gasteiger charge is 2.19. The predicted octanol–water partition coefficient (Wildman–Crippen LogP) is 1.23. The molecule has 0 spiro atoms. The summed E-state index contributed by atoms with van der Waals surface area (Å²) in [6, 6.07) is 1.72. The number of nitrogens with zero attached hydrogens (tertiary/aromatic N) is 3. The summed E-state index contributed by atoms with van der Waals surface area (Å²) in [5, 5.41) is 17.9. The smallest absolute Gasteiger partial charge is 0.259 e. The van der Waals surface area contributed by atoms with Crippen LogP contribution in [0.3, 0.4) is 0 Å². The van der Waals surface area contributed by atoms with Crippen molar-refractivity contribution in [3.63, 3.8) is 0 Å². The Bertz CT molecular complexity index is 476. The Morgan fingerprint density at radius 2 is 2.12 bits per heavy atom. The van der Waals surface area contributed by atoms with Crippen LogP contribution < -0.4 is 5.73 Å². The van der Waals surface area contributed by atoms with Gasteiger partial charge in [0.2, 0.25) is 0 Å². The van der Waals surface area contributed by atoms with E-state index in [1.54, 1.807) is 6.07 Å². The highest BCUT2D eigenvalue weighted by molar-refractivity contribution is 7.12. The topological polar surface area (TPSA) is 92.7 Å². The largest absolute Gasteiger partial charge is 0.365 e. The fourth-order valence-corrected chi connectivity index (χ4v) is 1.72. The maximum Gasteiger partial charge on any atom is 0.259 e. The number of hydrogen-bond acceptors (Lipinski definition) is 5. The van der Waals surface area contributed by atoms with Crippen LogP contribution in [0, 0.1) is 11.3 Å². The molecule has 84 valence electrons. The molecule has 0 atom stereocenters. The third-order valence-electron chi connectivity index (χ3n) is 1.74. The van der Waals surface area contributed by atoms with Gasteiger partial charge in [0.15, 0.2) is 0 Å². The van der Waals surface area contributed by atoms with Gasteiger partial charge in [-0.2, -0.15) is 5.26 Å². The van der Waals surface area contributed by atoms with Crippen molar-refractivity contribution in [1.29, 1.82) is 5.26 Å². The van der Waals surface area contributed by atoms with E-state index in [0.29, 0.717) is 5.01 Å². The summed E-state index contributed by atoms with van der Waals surface area (Å²) in [6.45, 7) is 6.04. The van der Waals surface area contributed by atoms with Crippen molar-refractivity contribution >= 4 is 23.3 Å². The summed E-state index contributed by atoms with van der Waals surface area (Å²) in [4.78, 5) is 10.8. The van der Waals surface area contributed by atoms with Crippen LogP contribution in [0.1, 0.15) is 30.8 Å². The van der Waals surface area contributed by atoms with Gasteiger partial charge in [0.05, 0.1) is 0 Å². The second kappa shape index (κ2) is 4.41. The molecule has 0 aliphatic carbocycles.